The van der Waals surface area contributed by atoms with Gasteiger partial charge in [0, 0.05) is 62.8 Å². The van der Waals surface area contributed by atoms with Gasteiger partial charge in [0.15, 0.2) is 5.16 Å². The summed E-state index contributed by atoms with van der Waals surface area (Å²) in [7, 11) is 2.00. The summed E-state index contributed by atoms with van der Waals surface area (Å²) in [6, 6.07) is 28.3. The van der Waals surface area contributed by atoms with E-state index in [4.69, 9.17) is 16.6 Å². The van der Waals surface area contributed by atoms with Gasteiger partial charge in [0.1, 0.15) is 11.0 Å². The highest BCUT2D eigenvalue weighted by atomic mass is 35.5. The van der Waals surface area contributed by atoms with Crippen LogP contribution in [0.3, 0.4) is 0 Å². The lowest BCUT2D eigenvalue weighted by molar-refractivity contribution is 0.0747. The van der Waals surface area contributed by atoms with Crippen LogP contribution in [0.5, 0.6) is 0 Å². The molecule has 4 aromatic rings. The molecule has 1 aromatic heterocycles. The maximum atomic E-state index is 13.1. The molecule has 2 heterocycles. The Kier molecular flexibility index (Phi) is 8.69. The molecule has 6 nitrogen and oxygen atoms in total. The molecule has 1 saturated heterocycles. The van der Waals surface area contributed by atoms with E-state index in [2.05, 4.69) is 58.1 Å². The Morgan fingerprint density at radius 3 is 2.31 bits per heavy atom. The third kappa shape index (κ3) is 6.91. The molecular formula is C31H32ClN5OS. The molecule has 39 heavy (non-hydrogen) atoms. The molecule has 0 aliphatic carbocycles. The highest BCUT2D eigenvalue weighted by Crippen LogP contribution is 2.26. The standard InChI is InChI=1S/C31H32ClN5OS/c1-23-8-6-7-11-27(23)36-16-18-37(19-17-36)30(38)26-14-12-25(13-15-26)22-39-31-33-28(32)20-29(34-31)35(2)21-24-9-4-3-5-10-24/h3-15,20H,16-19,21-22H2,1-2H3. The molecule has 0 spiro atoms. The Morgan fingerprint density at radius 1 is 0.897 bits per heavy atom. The highest BCUT2D eigenvalue weighted by Gasteiger charge is 2.23. The summed E-state index contributed by atoms with van der Waals surface area (Å²) in [5.74, 6) is 1.55. The van der Waals surface area contributed by atoms with Crippen molar-refractivity contribution < 1.29 is 4.79 Å². The highest BCUT2D eigenvalue weighted by molar-refractivity contribution is 7.98. The number of amides is 1. The number of nitrogens with zero attached hydrogens (tertiary/aromatic N) is 5. The zero-order valence-corrected chi connectivity index (χ0v) is 23.8. The number of aryl methyl sites for hydroxylation is 1. The number of carbonyl (C=O) groups excluding carboxylic acids is 1. The van der Waals surface area contributed by atoms with Crippen LogP contribution in [0.2, 0.25) is 5.15 Å². The van der Waals surface area contributed by atoms with Crippen molar-refractivity contribution >= 4 is 40.8 Å². The van der Waals surface area contributed by atoms with Crippen LogP contribution in [0.4, 0.5) is 11.5 Å². The van der Waals surface area contributed by atoms with Crippen molar-refractivity contribution in [3.05, 3.63) is 112 Å². The van der Waals surface area contributed by atoms with Crippen molar-refractivity contribution in [1.29, 1.82) is 0 Å². The molecule has 0 radical (unpaired) electrons. The molecule has 0 N–H and O–H groups in total. The first kappa shape index (κ1) is 27.0. The number of carbonyl (C=O) groups is 1. The predicted molar refractivity (Wildman–Crippen MR) is 161 cm³/mol. The fourth-order valence-corrected chi connectivity index (χ4v) is 5.76. The van der Waals surface area contributed by atoms with Crippen molar-refractivity contribution in [3.63, 3.8) is 0 Å². The van der Waals surface area contributed by atoms with E-state index in [-0.39, 0.29) is 5.91 Å². The SMILES string of the molecule is Cc1ccccc1N1CCN(C(=O)c2ccc(CSc3nc(Cl)cc(N(C)Cc4ccccc4)n3)cc2)CC1. The Morgan fingerprint density at radius 2 is 1.59 bits per heavy atom. The number of aromatic nitrogens is 2. The van der Waals surface area contributed by atoms with E-state index in [1.165, 1.54) is 28.6 Å². The lowest BCUT2D eigenvalue weighted by Crippen LogP contribution is -2.49. The van der Waals surface area contributed by atoms with E-state index >= 15 is 0 Å². The zero-order chi connectivity index (χ0) is 27.2. The van der Waals surface area contributed by atoms with Crippen molar-refractivity contribution in [2.24, 2.45) is 0 Å². The molecule has 0 saturated carbocycles. The molecule has 0 unspecified atom stereocenters. The molecular weight excluding hydrogens is 526 g/mol. The first-order chi connectivity index (χ1) is 19.0. The van der Waals surface area contributed by atoms with Gasteiger partial charge in [-0.05, 0) is 41.8 Å². The molecule has 0 bridgehead atoms. The van der Waals surface area contributed by atoms with Crippen LogP contribution < -0.4 is 9.80 Å². The summed E-state index contributed by atoms with van der Waals surface area (Å²) in [6.45, 7) is 5.99. The number of halogens is 1. The number of hydrogen-bond acceptors (Lipinski definition) is 6. The van der Waals surface area contributed by atoms with E-state index in [1.807, 2.05) is 54.4 Å². The van der Waals surface area contributed by atoms with Gasteiger partial charge in [0.25, 0.3) is 5.91 Å². The zero-order valence-electron chi connectivity index (χ0n) is 22.3. The number of anilines is 2. The largest absolute Gasteiger partial charge is 0.368 e. The molecule has 3 aromatic carbocycles. The summed E-state index contributed by atoms with van der Waals surface area (Å²) >= 11 is 7.86. The third-order valence-electron chi connectivity index (χ3n) is 6.91. The van der Waals surface area contributed by atoms with Gasteiger partial charge in [-0.1, -0.05) is 84.0 Å². The van der Waals surface area contributed by atoms with Crippen LogP contribution in [0, 0.1) is 6.92 Å². The lowest BCUT2D eigenvalue weighted by Gasteiger charge is -2.36. The van der Waals surface area contributed by atoms with Crippen molar-refractivity contribution in [2.45, 2.75) is 24.4 Å². The number of piperazine rings is 1. The smallest absolute Gasteiger partial charge is 0.253 e. The van der Waals surface area contributed by atoms with Gasteiger partial charge in [-0.3, -0.25) is 4.79 Å². The van der Waals surface area contributed by atoms with Crippen LogP contribution in [-0.4, -0.2) is 54.0 Å². The van der Waals surface area contributed by atoms with Crippen LogP contribution in [0.25, 0.3) is 0 Å². The third-order valence-corrected chi connectivity index (χ3v) is 8.02. The van der Waals surface area contributed by atoms with Crippen molar-refractivity contribution in [3.8, 4) is 0 Å². The van der Waals surface area contributed by atoms with Crippen LogP contribution >= 0.6 is 23.4 Å². The molecule has 1 aliphatic rings. The van der Waals surface area contributed by atoms with E-state index in [0.717, 1.165) is 49.7 Å². The number of hydrogen-bond donors (Lipinski definition) is 0. The van der Waals surface area contributed by atoms with E-state index in [9.17, 15) is 4.79 Å². The van der Waals surface area contributed by atoms with Gasteiger partial charge in [-0.15, -0.1) is 0 Å². The monoisotopic (exact) mass is 557 g/mol. The first-order valence-corrected chi connectivity index (χ1v) is 14.4. The number of rotatable bonds is 8. The molecule has 200 valence electrons. The predicted octanol–water partition coefficient (Wildman–Crippen LogP) is 6.33. The number of benzene rings is 3. The van der Waals surface area contributed by atoms with Gasteiger partial charge < -0.3 is 14.7 Å². The topological polar surface area (TPSA) is 52.6 Å². The summed E-state index contributed by atoms with van der Waals surface area (Å²) in [4.78, 5) is 28.6. The van der Waals surface area contributed by atoms with Crippen molar-refractivity contribution in [2.75, 3.05) is 43.0 Å². The van der Waals surface area contributed by atoms with Crippen LogP contribution in [0.15, 0.2) is 90.1 Å². The van der Waals surface area contributed by atoms with E-state index in [0.29, 0.717) is 16.1 Å². The summed E-state index contributed by atoms with van der Waals surface area (Å²) in [6.07, 6.45) is 0. The Bertz CT molecular complexity index is 1410. The fourth-order valence-electron chi connectivity index (χ4n) is 4.73. The molecule has 1 amide bonds. The molecule has 0 atom stereocenters. The minimum absolute atomic E-state index is 0.0860. The second kappa shape index (κ2) is 12.5. The van der Waals surface area contributed by atoms with Gasteiger partial charge in [-0.2, -0.15) is 0 Å². The maximum absolute atomic E-state index is 13.1. The average molecular weight is 558 g/mol. The Hall–Kier alpha value is -3.55. The van der Waals surface area contributed by atoms with Crippen molar-refractivity contribution in [1.82, 2.24) is 14.9 Å². The second-order valence-electron chi connectivity index (χ2n) is 9.72. The fraction of sp³-hybridized carbons (Fsp3) is 0.258. The van der Waals surface area contributed by atoms with Gasteiger partial charge in [0.2, 0.25) is 0 Å². The molecule has 8 heteroatoms. The summed E-state index contributed by atoms with van der Waals surface area (Å²) in [5.41, 5.74) is 5.54. The maximum Gasteiger partial charge on any atom is 0.253 e. The normalized spacial score (nSPS) is 13.4. The molecule has 5 rings (SSSR count). The van der Waals surface area contributed by atoms with Gasteiger partial charge >= 0.3 is 0 Å². The van der Waals surface area contributed by atoms with Crippen LogP contribution in [-0.2, 0) is 12.3 Å². The van der Waals surface area contributed by atoms with E-state index in [1.54, 1.807) is 6.07 Å². The molecule has 1 aliphatic heterocycles. The Labute approximate surface area is 239 Å². The second-order valence-corrected chi connectivity index (χ2v) is 11.1. The quantitative estimate of drug-likeness (QED) is 0.143. The van der Waals surface area contributed by atoms with E-state index < -0.39 is 0 Å². The minimum Gasteiger partial charge on any atom is -0.368 e. The average Bonchev–Trinajstić information content (AvgIpc) is 2.97. The summed E-state index contributed by atoms with van der Waals surface area (Å²) in [5, 5.41) is 1.05. The van der Waals surface area contributed by atoms with Gasteiger partial charge in [0.05, 0.1) is 0 Å². The summed E-state index contributed by atoms with van der Waals surface area (Å²) < 4.78 is 0. The molecule has 1 fully saturated rings. The lowest BCUT2D eigenvalue weighted by atomic mass is 10.1. The van der Waals surface area contributed by atoms with Crippen LogP contribution in [0.1, 0.15) is 27.0 Å². The first-order valence-electron chi connectivity index (χ1n) is 13.1. The minimum atomic E-state index is 0.0860. The Balaban J connectivity index is 1.15. The number of thioether (sulfide) groups is 1. The van der Waals surface area contributed by atoms with Gasteiger partial charge in [-0.25, -0.2) is 9.97 Å². The number of para-hydroxylation sites is 1.